The van der Waals surface area contributed by atoms with E-state index < -0.39 is 0 Å². The smallest absolute Gasteiger partial charge is 0.157 e. The lowest BCUT2D eigenvalue weighted by Gasteiger charge is -2.08. The van der Waals surface area contributed by atoms with Crippen molar-refractivity contribution in [2.45, 2.75) is 13.3 Å². The summed E-state index contributed by atoms with van der Waals surface area (Å²) in [4.78, 5) is 4.26. The minimum Gasteiger partial charge on any atom is -0.382 e. The van der Waals surface area contributed by atoms with E-state index in [9.17, 15) is 0 Å². The summed E-state index contributed by atoms with van der Waals surface area (Å²) in [5, 5.41) is 8.34. The van der Waals surface area contributed by atoms with Crippen molar-refractivity contribution < 1.29 is 0 Å². The van der Waals surface area contributed by atoms with Gasteiger partial charge in [-0.05, 0) is 30.2 Å². The Morgan fingerprint density at radius 1 is 1.10 bits per heavy atom. The SMILES string of the molecule is CCc1ccccc1-n1nnc(-c2ccccn2)c1N. The van der Waals surface area contributed by atoms with Crippen molar-refractivity contribution in [3.63, 3.8) is 0 Å². The number of nitrogens with zero attached hydrogens (tertiary/aromatic N) is 4. The van der Waals surface area contributed by atoms with Crippen molar-refractivity contribution in [3.8, 4) is 17.1 Å². The maximum atomic E-state index is 6.19. The van der Waals surface area contributed by atoms with Crippen LogP contribution < -0.4 is 5.73 Å². The van der Waals surface area contributed by atoms with E-state index in [0.29, 0.717) is 11.5 Å². The van der Waals surface area contributed by atoms with Crippen molar-refractivity contribution in [1.82, 2.24) is 20.0 Å². The Morgan fingerprint density at radius 2 is 1.90 bits per heavy atom. The number of anilines is 1. The molecule has 0 aliphatic carbocycles. The van der Waals surface area contributed by atoms with Crippen LogP contribution in [-0.2, 0) is 6.42 Å². The van der Waals surface area contributed by atoms with Crippen molar-refractivity contribution in [3.05, 3.63) is 54.2 Å². The van der Waals surface area contributed by atoms with Gasteiger partial charge in [0.2, 0.25) is 0 Å². The molecule has 0 amide bonds. The molecular formula is C15H15N5. The van der Waals surface area contributed by atoms with Gasteiger partial charge in [0.05, 0.1) is 11.4 Å². The van der Waals surface area contributed by atoms with Crippen molar-refractivity contribution in [2.24, 2.45) is 0 Å². The minimum absolute atomic E-state index is 0.504. The number of benzene rings is 1. The van der Waals surface area contributed by atoms with E-state index in [2.05, 4.69) is 28.3 Å². The van der Waals surface area contributed by atoms with Gasteiger partial charge in [-0.1, -0.05) is 36.4 Å². The van der Waals surface area contributed by atoms with Crippen LogP contribution in [0.4, 0.5) is 5.82 Å². The molecular weight excluding hydrogens is 250 g/mol. The molecule has 0 aliphatic rings. The van der Waals surface area contributed by atoms with Gasteiger partial charge in [0, 0.05) is 6.20 Å². The van der Waals surface area contributed by atoms with Crippen LogP contribution in [0.25, 0.3) is 17.1 Å². The second-order valence-corrected chi connectivity index (χ2v) is 4.43. The Morgan fingerprint density at radius 3 is 2.65 bits per heavy atom. The topological polar surface area (TPSA) is 69.6 Å². The van der Waals surface area contributed by atoms with Crippen LogP contribution in [0.15, 0.2) is 48.7 Å². The second kappa shape index (κ2) is 5.13. The van der Waals surface area contributed by atoms with Gasteiger partial charge in [-0.15, -0.1) is 5.10 Å². The molecule has 0 aliphatic heterocycles. The molecule has 3 aromatic rings. The molecule has 0 unspecified atom stereocenters. The van der Waals surface area contributed by atoms with Gasteiger partial charge in [0.25, 0.3) is 0 Å². The first-order valence-corrected chi connectivity index (χ1v) is 6.52. The van der Waals surface area contributed by atoms with E-state index in [-0.39, 0.29) is 0 Å². The number of pyridine rings is 1. The number of rotatable bonds is 3. The Balaban J connectivity index is 2.11. The summed E-state index contributed by atoms with van der Waals surface area (Å²) in [6.45, 7) is 2.10. The fraction of sp³-hybridized carbons (Fsp3) is 0.133. The van der Waals surface area contributed by atoms with Gasteiger partial charge in [-0.3, -0.25) is 4.98 Å². The van der Waals surface area contributed by atoms with E-state index in [1.807, 2.05) is 36.4 Å². The minimum atomic E-state index is 0.504. The number of aromatic nitrogens is 4. The number of hydrogen-bond donors (Lipinski definition) is 1. The summed E-state index contributed by atoms with van der Waals surface area (Å²) in [5.74, 6) is 0.504. The highest BCUT2D eigenvalue weighted by Gasteiger charge is 2.15. The van der Waals surface area contributed by atoms with Crippen molar-refractivity contribution >= 4 is 5.82 Å². The van der Waals surface area contributed by atoms with E-state index in [4.69, 9.17) is 5.73 Å². The van der Waals surface area contributed by atoms with Gasteiger partial charge in [0.15, 0.2) is 11.5 Å². The standard InChI is InChI=1S/C15H15N5/c1-2-11-7-3-4-9-13(11)20-15(16)14(18-19-20)12-8-5-6-10-17-12/h3-10H,2,16H2,1H3. The lowest BCUT2D eigenvalue weighted by molar-refractivity contribution is 0.800. The van der Waals surface area contributed by atoms with E-state index in [0.717, 1.165) is 17.8 Å². The molecule has 0 spiro atoms. The van der Waals surface area contributed by atoms with Gasteiger partial charge in [-0.2, -0.15) is 4.68 Å². The number of nitrogens with two attached hydrogens (primary N) is 1. The Labute approximate surface area is 117 Å². The largest absolute Gasteiger partial charge is 0.382 e. The summed E-state index contributed by atoms with van der Waals surface area (Å²) in [7, 11) is 0. The highest BCUT2D eigenvalue weighted by molar-refractivity contribution is 5.68. The monoisotopic (exact) mass is 265 g/mol. The summed E-state index contributed by atoms with van der Waals surface area (Å²) >= 11 is 0. The first-order chi connectivity index (χ1) is 9.81. The maximum absolute atomic E-state index is 6.19. The molecule has 0 radical (unpaired) electrons. The fourth-order valence-corrected chi connectivity index (χ4v) is 2.17. The van der Waals surface area contributed by atoms with E-state index in [1.165, 1.54) is 5.56 Å². The molecule has 0 bridgehead atoms. The zero-order valence-corrected chi connectivity index (χ0v) is 11.2. The quantitative estimate of drug-likeness (QED) is 0.789. The summed E-state index contributed by atoms with van der Waals surface area (Å²) in [6.07, 6.45) is 2.63. The Kier molecular flexibility index (Phi) is 3.16. The predicted molar refractivity (Wildman–Crippen MR) is 78.4 cm³/mol. The molecule has 5 heteroatoms. The molecule has 0 fully saturated rings. The molecule has 100 valence electrons. The van der Waals surface area contributed by atoms with Gasteiger partial charge in [-0.25, -0.2) is 0 Å². The predicted octanol–water partition coefficient (Wildman–Crippen LogP) is 2.47. The van der Waals surface area contributed by atoms with Crippen LogP contribution in [-0.4, -0.2) is 20.0 Å². The zero-order valence-electron chi connectivity index (χ0n) is 11.2. The molecule has 0 atom stereocenters. The first-order valence-electron chi connectivity index (χ1n) is 6.52. The summed E-state index contributed by atoms with van der Waals surface area (Å²) in [6, 6.07) is 13.7. The van der Waals surface area contributed by atoms with Crippen LogP contribution in [0.2, 0.25) is 0 Å². The second-order valence-electron chi connectivity index (χ2n) is 4.43. The molecule has 2 aromatic heterocycles. The fourth-order valence-electron chi connectivity index (χ4n) is 2.17. The number of nitrogen functional groups attached to an aromatic ring is 1. The summed E-state index contributed by atoms with van der Waals surface area (Å²) < 4.78 is 1.67. The van der Waals surface area contributed by atoms with Crippen LogP contribution in [0, 0.1) is 0 Å². The molecule has 3 rings (SSSR count). The van der Waals surface area contributed by atoms with Crippen molar-refractivity contribution in [2.75, 3.05) is 5.73 Å². The van der Waals surface area contributed by atoms with Crippen LogP contribution in [0.1, 0.15) is 12.5 Å². The molecule has 5 nitrogen and oxygen atoms in total. The first kappa shape index (κ1) is 12.3. The van der Waals surface area contributed by atoms with Gasteiger partial charge < -0.3 is 5.73 Å². The maximum Gasteiger partial charge on any atom is 0.157 e. The third-order valence-corrected chi connectivity index (χ3v) is 3.21. The molecule has 1 aromatic carbocycles. The van der Waals surface area contributed by atoms with E-state index in [1.54, 1.807) is 10.9 Å². The third-order valence-electron chi connectivity index (χ3n) is 3.21. The number of para-hydroxylation sites is 1. The van der Waals surface area contributed by atoms with Crippen molar-refractivity contribution in [1.29, 1.82) is 0 Å². The molecule has 0 saturated carbocycles. The lowest BCUT2D eigenvalue weighted by Crippen LogP contribution is -2.05. The number of hydrogen-bond acceptors (Lipinski definition) is 4. The Bertz CT molecular complexity index is 718. The van der Waals surface area contributed by atoms with Crippen LogP contribution in [0.3, 0.4) is 0 Å². The highest BCUT2D eigenvalue weighted by Crippen LogP contribution is 2.25. The van der Waals surface area contributed by atoms with Gasteiger partial charge in [0.1, 0.15) is 0 Å². The van der Waals surface area contributed by atoms with Crippen LogP contribution in [0.5, 0.6) is 0 Å². The molecule has 0 saturated heterocycles. The number of aryl methyl sites for hydroxylation is 1. The molecule has 20 heavy (non-hydrogen) atoms. The highest BCUT2D eigenvalue weighted by atomic mass is 15.5. The summed E-state index contributed by atoms with van der Waals surface area (Å²) in [5.41, 5.74) is 9.66. The normalized spacial score (nSPS) is 10.7. The third kappa shape index (κ3) is 2.03. The van der Waals surface area contributed by atoms with Gasteiger partial charge >= 0.3 is 0 Å². The van der Waals surface area contributed by atoms with E-state index >= 15 is 0 Å². The average Bonchev–Trinajstić information content (AvgIpc) is 2.89. The molecule has 2 N–H and O–H groups in total. The average molecular weight is 265 g/mol. The Hall–Kier alpha value is -2.69. The molecule has 2 heterocycles. The lowest BCUT2D eigenvalue weighted by atomic mass is 10.1. The van der Waals surface area contributed by atoms with Crippen LogP contribution >= 0.6 is 0 Å². The zero-order chi connectivity index (χ0) is 13.9.